The lowest BCUT2D eigenvalue weighted by molar-refractivity contribution is 0.250. The molecule has 0 bridgehead atoms. The highest BCUT2D eigenvalue weighted by Gasteiger charge is 1.96. The second-order valence-electron chi connectivity index (χ2n) is 1.91. The van der Waals surface area contributed by atoms with Crippen molar-refractivity contribution in [1.82, 2.24) is 10.4 Å². The van der Waals surface area contributed by atoms with E-state index >= 15 is 0 Å². The summed E-state index contributed by atoms with van der Waals surface area (Å²) in [4.78, 5) is 14.2. The normalized spacial score (nSPS) is 9.18. The second kappa shape index (κ2) is 3.20. The molecule has 0 spiro atoms. The Hall–Kier alpha value is -1.30. The van der Waals surface area contributed by atoms with E-state index in [0.717, 1.165) is 5.69 Å². The first-order valence-corrected chi connectivity index (χ1v) is 3.80. The molecule has 0 aliphatic rings. The van der Waals surface area contributed by atoms with Crippen molar-refractivity contribution in [3.05, 3.63) is 11.1 Å². The van der Waals surface area contributed by atoms with E-state index in [2.05, 4.69) is 15.8 Å². The predicted octanol–water partition coefficient (Wildman–Crippen LogP) is 0.447. The molecule has 6 heteroatoms. The molecule has 1 aromatic rings. The van der Waals surface area contributed by atoms with E-state index in [1.807, 2.05) is 12.3 Å². The molecule has 0 aliphatic heterocycles. The fourth-order valence-corrected chi connectivity index (χ4v) is 1.17. The van der Waals surface area contributed by atoms with Gasteiger partial charge in [-0.25, -0.2) is 15.2 Å². The Balaban J connectivity index is 2.45. The van der Waals surface area contributed by atoms with Gasteiger partial charge in [0.05, 0.1) is 5.69 Å². The van der Waals surface area contributed by atoms with Crippen molar-refractivity contribution < 1.29 is 4.79 Å². The van der Waals surface area contributed by atoms with Gasteiger partial charge in [-0.2, -0.15) is 0 Å². The molecule has 1 rings (SSSR count). The number of hydrogen-bond acceptors (Lipinski definition) is 4. The van der Waals surface area contributed by atoms with Gasteiger partial charge in [-0.1, -0.05) is 0 Å². The summed E-state index contributed by atoms with van der Waals surface area (Å²) in [5, 5.41) is 2.49. The van der Waals surface area contributed by atoms with Crippen LogP contribution in [0, 0.1) is 6.92 Å². The molecule has 0 aliphatic carbocycles. The fraction of sp³-hybridized carbons (Fsp3) is 0.200. The van der Waals surface area contributed by atoms with Crippen LogP contribution in [0.15, 0.2) is 5.38 Å². The highest BCUT2D eigenvalue weighted by molar-refractivity contribution is 7.13. The van der Waals surface area contributed by atoms with Crippen molar-refractivity contribution in [2.75, 3.05) is 5.43 Å². The van der Waals surface area contributed by atoms with Gasteiger partial charge in [-0.15, -0.1) is 11.3 Å². The molecule has 1 heterocycles. The van der Waals surface area contributed by atoms with Gasteiger partial charge in [0.2, 0.25) is 5.13 Å². The van der Waals surface area contributed by atoms with Crippen LogP contribution in [-0.2, 0) is 0 Å². The molecule has 0 fully saturated rings. The summed E-state index contributed by atoms with van der Waals surface area (Å²) in [6.45, 7) is 1.87. The van der Waals surface area contributed by atoms with Gasteiger partial charge in [0, 0.05) is 5.38 Å². The minimum Gasteiger partial charge on any atom is -0.350 e. The average Bonchev–Trinajstić information content (AvgIpc) is 2.31. The zero-order valence-corrected chi connectivity index (χ0v) is 6.73. The van der Waals surface area contributed by atoms with Gasteiger partial charge in [-0.3, -0.25) is 5.43 Å². The number of urea groups is 1. The lowest BCUT2D eigenvalue weighted by Gasteiger charge is -1.99. The molecule has 4 N–H and O–H groups in total. The van der Waals surface area contributed by atoms with Crippen LogP contribution >= 0.6 is 11.3 Å². The number of nitrogens with zero attached hydrogens (tertiary/aromatic N) is 1. The van der Waals surface area contributed by atoms with Gasteiger partial charge >= 0.3 is 6.03 Å². The smallest absolute Gasteiger partial charge is 0.330 e. The maximum absolute atomic E-state index is 10.2. The first kappa shape index (κ1) is 7.80. The fourth-order valence-electron chi connectivity index (χ4n) is 0.526. The van der Waals surface area contributed by atoms with Crippen molar-refractivity contribution >= 4 is 22.5 Å². The molecule has 11 heavy (non-hydrogen) atoms. The van der Waals surface area contributed by atoms with E-state index in [1.54, 1.807) is 0 Å². The molecule has 0 saturated heterocycles. The SMILES string of the molecule is Cc1csc(NNC(N)=O)n1. The number of nitrogens with two attached hydrogens (primary N) is 1. The van der Waals surface area contributed by atoms with Crippen LogP contribution in [0.1, 0.15) is 5.69 Å². The largest absolute Gasteiger partial charge is 0.350 e. The van der Waals surface area contributed by atoms with Gasteiger partial charge in [0.1, 0.15) is 0 Å². The van der Waals surface area contributed by atoms with Crippen molar-refractivity contribution in [2.24, 2.45) is 5.73 Å². The third-order valence-corrected chi connectivity index (χ3v) is 1.79. The number of rotatable bonds is 2. The average molecular weight is 172 g/mol. The van der Waals surface area contributed by atoms with E-state index in [-0.39, 0.29) is 0 Å². The summed E-state index contributed by atoms with van der Waals surface area (Å²) >= 11 is 1.40. The molecular weight excluding hydrogens is 164 g/mol. The first-order valence-electron chi connectivity index (χ1n) is 2.92. The lowest BCUT2D eigenvalue weighted by Crippen LogP contribution is -2.34. The Morgan fingerprint density at radius 1 is 1.82 bits per heavy atom. The number of nitrogens with one attached hydrogen (secondary N) is 2. The number of thiazole rings is 1. The lowest BCUT2D eigenvalue weighted by atomic mass is 10.6. The Bertz CT molecular complexity index is 259. The summed E-state index contributed by atoms with van der Waals surface area (Å²) in [5.41, 5.74) is 10.5. The summed E-state index contributed by atoms with van der Waals surface area (Å²) in [6.07, 6.45) is 0. The highest BCUT2D eigenvalue weighted by Crippen LogP contribution is 2.12. The number of carbonyl (C=O) groups excluding carboxylic acids is 1. The number of hydrogen-bond donors (Lipinski definition) is 3. The zero-order valence-electron chi connectivity index (χ0n) is 5.92. The molecule has 0 saturated carbocycles. The van der Waals surface area contributed by atoms with Gasteiger partial charge < -0.3 is 5.73 Å². The number of aryl methyl sites for hydroxylation is 1. The molecular formula is C5H8N4OS. The van der Waals surface area contributed by atoms with Crippen molar-refractivity contribution in [3.63, 3.8) is 0 Å². The van der Waals surface area contributed by atoms with E-state index in [0.29, 0.717) is 5.13 Å². The number of primary amides is 1. The Kier molecular flexibility index (Phi) is 2.27. The van der Waals surface area contributed by atoms with Gasteiger partial charge in [-0.05, 0) is 6.92 Å². The van der Waals surface area contributed by atoms with Gasteiger partial charge in [0.25, 0.3) is 0 Å². The molecule has 0 radical (unpaired) electrons. The Morgan fingerprint density at radius 3 is 3.00 bits per heavy atom. The molecule has 1 aromatic heterocycles. The molecule has 0 atom stereocenters. The monoisotopic (exact) mass is 172 g/mol. The van der Waals surface area contributed by atoms with Crippen LogP contribution in [0.4, 0.5) is 9.93 Å². The van der Waals surface area contributed by atoms with Crippen molar-refractivity contribution in [3.8, 4) is 0 Å². The van der Waals surface area contributed by atoms with E-state index in [1.165, 1.54) is 11.3 Å². The standard InChI is InChI=1S/C5H8N4OS/c1-3-2-11-5(7-3)9-8-4(6)10/h2H,1H3,(H,7,9)(H3,6,8,10). The third-order valence-electron chi connectivity index (χ3n) is 0.912. The van der Waals surface area contributed by atoms with E-state index < -0.39 is 6.03 Å². The first-order chi connectivity index (χ1) is 5.18. The molecule has 5 nitrogen and oxygen atoms in total. The van der Waals surface area contributed by atoms with Crippen LogP contribution in [0.3, 0.4) is 0 Å². The Morgan fingerprint density at radius 2 is 2.55 bits per heavy atom. The van der Waals surface area contributed by atoms with Crippen molar-refractivity contribution in [1.29, 1.82) is 0 Å². The Labute approximate surface area is 67.6 Å². The number of amides is 2. The van der Waals surface area contributed by atoms with Crippen LogP contribution in [0.25, 0.3) is 0 Å². The molecule has 60 valence electrons. The number of carbonyl (C=O) groups is 1. The summed E-state index contributed by atoms with van der Waals surface area (Å²) < 4.78 is 0. The van der Waals surface area contributed by atoms with Crippen LogP contribution in [0.5, 0.6) is 0 Å². The zero-order chi connectivity index (χ0) is 8.27. The number of aromatic nitrogens is 1. The maximum Gasteiger partial charge on any atom is 0.330 e. The quantitative estimate of drug-likeness (QED) is 0.566. The molecule has 2 amide bonds. The van der Waals surface area contributed by atoms with Crippen LogP contribution in [0.2, 0.25) is 0 Å². The number of anilines is 1. The second-order valence-corrected chi connectivity index (χ2v) is 2.77. The summed E-state index contributed by atoms with van der Waals surface area (Å²) in [7, 11) is 0. The molecule has 0 aromatic carbocycles. The van der Waals surface area contributed by atoms with Crippen molar-refractivity contribution in [2.45, 2.75) is 6.92 Å². The van der Waals surface area contributed by atoms with Gasteiger partial charge in [0.15, 0.2) is 0 Å². The predicted molar refractivity (Wildman–Crippen MR) is 43.2 cm³/mol. The van der Waals surface area contributed by atoms with Crippen LogP contribution < -0.4 is 16.6 Å². The minimum absolute atomic E-state index is 0.626. The summed E-state index contributed by atoms with van der Waals surface area (Å²) in [6, 6.07) is -0.627. The molecule has 0 unspecified atom stereocenters. The maximum atomic E-state index is 10.2. The topological polar surface area (TPSA) is 80.0 Å². The third kappa shape index (κ3) is 2.42. The highest BCUT2D eigenvalue weighted by atomic mass is 32.1. The van der Waals surface area contributed by atoms with E-state index in [4.69, 9.17) is 5.73 Å². The summed E-state index contributed by atoms with van der Waals surface area (Å²) in [5.74, 6) is 0. The number of hydrazine groups is 1. The van der Waals surface area contributed by atoms with Crippen LogP contribution in [-0.4, -0.2) is 11.0 Å². The van der Waals surface area contributed by atoms with E-state index in [9.17, 15) is 4.79 Å². The minimum atomic E-state index is -0.627.